The summed E-state index contributed by atoms with van der Waals surface area (Å²) in [5.41, 5.74) is 1.66. The van der Waals surface area contributed by atoms with Crippen molar-refractivity contribution in [3.8, 4) is 0 Å². The number of likely N-dealkylation sites (tertiary alicyclic amines) is 1. The van der Waals surface area contributed by atoms with Crippen LogP contribution in [-0.2, 0) is 6.42 Å². The van der Waals surface area contributed by atoms with E-state index in [1.807, 2.05) is 17.0 Å². The SMILES string of the molecule is O=C(c1ccc(F)cc1)N1CCC(Cc2ccc(F)cc2)CC1. The first-order valence-corrected chi connectivity index (χ1v) is 7.91. The molecule has 1 aliphatic heterocycles. The van der Waals surface area contributed by atoms with E-state index in [2.05, 4.69) is 0 Å². The van der Waals surface area contributed by atoms with Crippen molar-refractivity contribution in [3.05, 3.63) is 71.3 Å². The Bertz CT molecular complexity index is 659. The lowest BCUT2D eigenvalue weighted by molar-refractivity contribution is 0.0690. The zero-order valence-electron chi connectivity index (χ0n) is 12.8. The number of rotatable bonds is 3. The van der Waals surface area contributed by atoms with Crippen molar-refractivity contribution < 1.29 is 13.6 Å². The summed E-state index contributed by atoms with van der Waals surface area (Å²) in [6.45, 7) is 1.42. The normalized spacial score (nSPS) is 15.7. The van der Waals surface area contributed by atoms with Gasteiger partial charge in [-0.05, 0) is 67.1 Å². The number of hydrogen-bond acceptors (Lipinski definition) is 1. The quantitative estimate of drug-likeness (QED) is 0.836. The Morgan fingerprint density at radius 2 is 1.43 bits per heavy atom. The number of benzene rings is 2. The summed E-state index contributed by atoms with van der Waals surface area (Å²) in [5, 5.41) is 0. The fourth-order valence-electron chi connectivity index (χ4n) is 3.07. The molecule has 1 saturated heterocycles. The fourth-order valence-corrected chi connectivity index (χ4v) is 3.07. The van der Waals surface area contributed by atoms with E-state index in [1.54, 1.807) is 0 Å². The van der Waals surface area contributed by atoms with Gasteiger partial charge in [-0.3, -0.25) is 4.79 Å². The number of hydrogen-bond donors (Lipinski definition) is 0. The molecule has 0 bridgehead atoms. The summed E-state index contributed by atoms with van der Waals surface area (Å²) < 4.78 is 25.9. The second kappa shape index (κ2) is 6.90. The first-order valence-electron chi connectivity index (χ1n) is 7.91. The first-order chi connectivity index (χ1) is 11.1. The molecule has 1 aliphatic rings. The third-order valence-electron chi connectivity index (χ3n) is 4.43. The van der Waals surface area contributed by atoms with E-state index in [0.717, 1.165) is 24.8 Å². The van der Waals surface area contributed by atoms with Gasteiger partial charge in [-0.15, -0.1) is 0 Å². The van der Waals surface area contributed by atoms with Gasteiger partial charge < -0.3 is 4.90 Å². The topological polar surface area (TPSA) is 20.3 Å². The number of nitrogens with zero attached hydrogens (tertiary/aromatic N) is 1. The van der Waals surface area contributed by atoms with Crippen LogP contribution in [0.3, 0.4) is 0 Å². The third kappa shape index (κ3) is 3.95. The van der Waals surface area contributed by atoms with Crippen LogP contribution >= 0.6 is 0 Å². The van der Waals surface area contributed by atoms with Crippen LogP contribution in [-0.4, -0.2) is 23.9 Å². The summed E-state index contributed by atoms with van der Waals surface area (Å²) in [7, 11) is 0. The molecule has 0 aliphatic carbocycles. The standard InChI is InChI=1S/C19H19F2NO/c20-17-5-1-14(2-6-17)13-15-9-11-22(12-10-15)19(23)16-3-7-18(21)8-4-16/h1-8,15H,9-13H2. The zero-order valence-corrected chi connectivity index (χ0v) is 12.8. The Kier molecular flexibility index (Phi) is 4.70. The van der Waals surface area contributed by atoms with Gasteiger partial charge in [0.2, 0.25) is 0 Å². The molecule has 1 amide bonds. The van der Waals surface area contributed by atoms with E-state index < -0.39 is 0 Å². The van der Waals surface area contributed by atoms with Crippen molar-refractivity contribution in [1.82, 2.24) is 4.90 Å². The van der Waals surface area contributed by atoms with Crippen molar-refractivity contribution in [2.75, 3.05) is 13.1 Å². The summed E-state index contributed by atoms with van der Waals surface area (Å²) in [5.74, 6) is -0.0732. The van der Waals surface area contributed by atoms with Crippen molar-refractivity contribution in [3.63, 3.8) is 0 Å². The molecule has 2 aromatic carbocycles. The lowest BCUT2D eigenvalue weighted by Gasteiger charge is -2.32. The van der Waals surface area contributed by atoms with Gasteiger partial charge in [0, 0.05) is 18.7 Å². The molecule has 0 N–H and O–H groups in total. The molecule has 0 atom stereocenters. The Hall–Kier alpha value is -2.23. The maximum atomic E-state index is 12.9. The molecule has 0 aromatic heterocycles. The molecule has 3 rings (SSSR count). The lowest BCUT2D eigenvalue weighted by atomic mass is 9.90. The number of carbonyl (C=O) groups excluding carboxylic acids is 1. The maximum absolute atomic E-state index is 12.9. The molecule has 1 fully saturated rings. The summed E-state index contributed by atoms with van der Waals surface area (Å²) in [6.07, 6.45) is 2.79. The van der Waals surface area contributed by atoms with Crippen LogP contribution in [0.15, 0.2) is 48.5 Å². The summed E-state index contributed by atoms with van der Waals surface area (Å²) in [6, 6.07) is 12.3. The van der Waals surface area contributed by atoms with Gasteiger partial charge >= 0.3 is 0 Å². The highest BCUT2D eigenvalue weighted by Gasteiger charge is 2.23. The Labute approximate surface area is 134 Å². The second-order valence-electron chi connectivity index (χ2n) is 6.07. The second-order valence-corrected chi connectivity index (χ2v) is 6.07. The Balaban J connectivity index is 1.54. The molecular weight excluding hydrogens is 296 g/mol. The number of piperidine rings is 1. The molecule has 4 heteroatoms. The molecule has 2 nitrogen and oxygen atoms in total. The number of amides is 1. The monoisotopic (exact) mass is 315 g/mol. The molecule has 0 radical (unpaired) electrons. The number of halogens is 2. The molecule has 0 saturated carbocycles. The van der Waals surface area contributed by atoms with E-state index in [9.17, 15) is 13.6 Å². The third-order valence-corrected chi connectivity index (χ3v) is 4.43. The largest absolute Gasteiger partial charge is 0.339 e. The highest BCUT2D eigenvalue weighted by Crippen LogP contribution is 2.23. The van der Waals surface area contributed by atoms with Gasteiger partial charge in [-0.1, -0.05) is 12.1 Å². The van der Waals surface area contributed by atoms with Gasteiger partial charge in [0.15, 0.2) is 0 Å². The van der Waals surface area contributed by atoms with E-state index in [1.165, 1.54) is 36.4 Å². The molecule has 2 aromatic rings. The molecule has 23 heavy (non-hydrogen) atoms. The molecular formula is C19H19F2NO. The smallest absolute Gasteiger partial charge is 0.253 e. The Morgan fingerprint density at radius 1 is 0.913 bits per heavy atom. The van der Waals surface area contributed by atoms with Crippen molar-refractivity contribution >= 4 is 5.91 Å². The van der Waals surface area contributed by atoms with Crippen LogP contribution in [0, 0.1) is 17.6 Å². The van der Waals surface area contributed by atoms with Crippen molar-refractivity contribution in [2.45, 2.75) is 19.3 Å². The van der Waals surface area contributed by atoms with Crippen LogP contribution in [0.5, 0.6) is 0 Å². The van der Waals surface area contributed by atoms with Crippen molar-refractivity contribution in [2.24, 2.45) is 5.92 Å². The van der Waals surface area contributed by atoms with Crippen LogP contribution in [0.2, 0.25) is 0 Å². The summed E-state index contributed by atoms with van der Waals surface area (Å²) in [4.78, 5) is 14.2. The minimum absolute atomic E-state index is 0.0368. The molecule has 0 spiro atoms. The highest BCUT2D eigenvalue weighted by molar-refractivity contribution is 5.94. The first kappa shape index (κ1) is 15.7. The lowest BCUT2D eigenvalue weighted by Crippen LogP contribution is -2.38. The van der Waals surface area contributed by atoms with Gasteiger partial charge in [-0.25, -0.2) is 8.78 Å². The van der Waals surface area contributed by atoms with Gasteiger partial charge in [-0.2, -0.15) is 0 Å². The average Bonchev–Trinajstić information content (AvgIpc) is 2.58. The van der Waals surface area contributed by atoms with Crippen LogP contribution in [0.25, 0.3) is 0 Å². The molecule has 0 unspecified atom stereocenters. The van der Waals surface area contributed by atoms with E-state index in [-0.39, 0.29) is 17.5 Å². The van der Waals surface area contributed by atoms with Crippen LogP contribution in [0.4, 0.5) is 8.78 Å². The average molecular weight is 315 g/mol. The van der Waals surface area contributed by atoms with Crippen LogP contribution in [0.1, 0.15) is 28.8 Å². The van der Waals surface area contributed by atoms with E-state index >= 15 is 0 Å². The number of carbonyl (C=O) groups is 1. The van der Waals surface area contributed by atoms with E-state index in [4.69, 9.17) is 0 Å². The van der Waals surface area contributed by atoms with Crippen molar-refractivity contribution in [1.29, 1.82) is 0 Å². The molecule has 120 valence electrons. The summed E-state index contributed by atoms with van der Waals surface area (Å²) >= 11 is 0. The van der Waals surface area contributed by atoms with E-state index in [0.29, 0.717) is 24.6 Å². The predicted octanol–water partition coefficient (Wildman–Crippen LogP) is 4.06. The maximum Gasteiger partial charge on any atom is 0.253 e. The van der Waals surface area contributed by atoms with Gasteiger partial charge in [0.1, 0.15) is 11.6 Å². The van der Waals surface area contributed by atoms with Gasteiger partial charge in [0.25, 0.3) is 5.91 Å². The molecule has 1 heterocycles. The minimum Gasteiger partial charge on any atom is -0.339 e. The van der Waals surface area contributed by atoms with Crippen LogP contribution < -0.4 is 0 Å². The Morgan fingerprint density at radius 3 is 2.00 bits per heavy atom. The highest BCUT2D eigenvalue weighted by atomic mass is 19.1. The van der Waals surface area contributed by atoms with Gasteiger partial charge in [0.05, 0.1) is 0 Å². The predicted molar refractivity (Wildman–Crippen MR) is 85.1 cm³/mol. The zero-order chi connectivity index (χ0) is 16.2. The minimum atomic E-state index is -0.334. The fraction of sp³-hybridized carbons (Fsp3) is 0.316.